The number of hydrogen-bond donors (Lipinski definition) is 3. The van der Waals surface area contributed by atoms with Gasteiger partial charge in [-0.1, -0.05) is 0 Å². The molecule has 2 aromatic heterocycles. The van der Waals surface area contributed by atoms with Gasteiger partial charge in [-0.3, -0.25) is 5.10 Å². The number of aromatic nitrogens is 5. The van der Waals surface area contributed by atoms with Gasteiger partial charge in [0.15, 0.2) is 0 Å². The summed E-state index contributed by atoms with van der Waals surface area (Å²) < 4.78 is 0. The molecule has 0 spiro atoms. The minimum absolute atomic E-state index is 0.423. The standard InChI is InChI=1S/C9H13N7/c10-7-4-13-9(5-12-7)11-3-1-2-8-14-6-15-16-8/h4-6H,1-3H2,(H2,10,12)(H,11,13)(H,14,15,16). The van der Waals surface area contributed by atoms with Crippen molar-refractivity contribution in [3.63, 3.8) is 0 Å². The zero-order valence-electron chi connectivity index (χ0n) is 8.72. The van der Waals surface area contributed by atoms with Gasteiger partial charge in [-0.25, -0.2) is 15.0 Å². The fourth-order valence-corrected chi connectivity index (χ4v) is 1.25. The normalized spacial score (nSPS) is 10.2. The van der Waals surface area contributed by atoms with Crippen molar-refractivity contribution in [1.82, 2.24) is 25.1 Å². The maximum absolute atomic E-state index is 5.42. The first-order chi connectivity index (χ1) is 7.84. The highest BCUT2D eigenvalue weighted by Gasteiger charge is 1.97. The molecule has 7 heteroatoms. The highest BCUT2D eigenvalue weighted by molar-refractivity contribution is 5.35. The Morgan fingerprint density at radius 2 is 2.19 bits per heavy atom. The van der Waals surface area contributed by atoms with Gasteiger partial charge in [0.2, 0.25) is 0 Å². The molecule has 2 heterocycles. The first-order valence-electron chi connectivity index (χ1n) is 5.00. The van der Waals surface area contributed by atoms with E-state index in [0.717, 1.165) is 31.0 Å². The number of aryl methyl sites for hydroxylation is 1. The first-order valence-corrected chi connectivity index (χ1v) is 5.00. The van der Waals surface area contributed by atoms with Crippen LogP contribution in [0.15, 0.2) is 18.7 Å². The third-order valence-corrected chi connectivity index (χ3v) is 2.03. The van der Waals surface area contributed by atoms with Crippen LogP contribution < -0.4 is 11.1 Å². The third-order valence-electron chi connectivity index (χ3n) is 2.03. The summed E-state index contributed by atoms with van der Waals surface area (Å²) in [5, 5.41) is 9.73. The highest BCUT2D eigenvalue weighted by atomic mass is 15.2. The van der Waals surface area contributed by atoms with Crippen LogP contribution in [0.1, 0.15) is 12.2 Å². The molecule has 0 atom stereocenters. The number of anilines is 2. The largest absolute Gasteiger partial charge is 0.382 e. The lowest BCUT2D eigenvalue weighted by molar-refractivity contribution is 0.803. The molecule has 0 aliphatic rings. The summed E-state index contributed by atoms with van der Waals surface area (Å²) in [7, 11) is 0. The summed E-state index contributed by atoms with van der Waals surface area (Å²) in [5.74, 6) is 2.05. The van der Waals surface area contributed by atoms with Crippen LogP contribution in [-0.4, -0.2) is 31.7 Å². The van der Waals surface area contributed by atoms with Gasteiger partial charge in [-0.05, 0) is 6.42 Å². The van der Waals surface area contributed by atoms with E-state index in [2.05, 4.69) is 30.5 Å². The maximum atomic E-state index is 5.42. The molecule has 0 aromatic carbocycles. The fraction of sp³-hybridized carbons (Fsp3) is 0.333. The molecule has 0 radical (unpaired) electrons. The van der Waals surface area contributed by atoms with Crippen LogP contribution in [-0.2, 0) is 6.42 Å². The molecule has 0 saturated carbocycles. The van der Waals surface area contributed by atoms with Crippen LogP contribution in [0.3, 0.4) is 0 Å². The van der Waals surface area contributed by atoms with Crippen LogP contribution >= 0.6 is 0 Å². The molecule has 4 N–H and O–H groups in total. The molecule has 0 aliphatic carbocycles. The minimum atomic E-state index is 0.423. The van der Waals surface area contributed by atoms with Crippen molar-refractivity contribution in [2.75, 3.05) is 17.6 Å². The molecule has 2 rings (SSSR count). The van der Waals surface area contributed by atoms with E-state index in [1.807, 2.05) is 0 Å². The Bertz CT molecular complexity index is 408. The van der Waals surface area contributed by atoms with Crippen LogP contribution in [0.25, 0.3) is 0 Å². The van der Waals surface area contributed by atoms with Gasteiger partial charge < -0.3 is 11.1 Å². The predicted octanol–water partition coefficient (Wildman–Crippen LogP) is 0.222. The Hall–Kier alpha value is -2.18. The number of H-pyrrole nitrogens is 1. The molecule has 0 bridgehead atoms. The van der Waals surface area contributed by atoms with Crippen molar-refractivity contribution in [2.45, 2.75) is 12.8 Å². The average Bonchev–Trinajstić information content (AvgIpc) is 2.80. The van der Waals surface area contributed by atoms with Crippen LogP contribution in [0.4, 0.5) is 11.6 Å². The maximum Gasteiger partial charge on any atom is 0.144 e. The van der Waals surface area contributed by atoms with Gasteiger partial charge in [0.05, 0.1) is 12.4 Å². The van der Waals surface area contributed by atoms with E-state index in [0.29, 0.717) is 5.82 Å². The van der Waals surface area contributed by atoms with E-state index >= 15 is 0 Å². The Labute approximate surface area is 92.5 Å². The first kappa shape index (κ1) is 10.3. The Morgan fingerprint density at radius 1 is 1.25 bits per heavy atom. The average molecular weight is 219 g/mol. The molecule has 0 amide bonds. The summed E-state index contributed by atoms with van der Waals surface area (Å²) in [5.41, 5.74) is 5.42. The molecule has 7 nitrogen and oxygen atoms in total. The van der Waals surface area contributed by atoms with E-state index in [1.165, 1.54) is 12.5 Å². The number of nitrogens with zero attached hydrogens (tertiary/aromatic N) is 4. The van der Waals surface area contributed by atoms with E-state index < -0.39 is 0 Å². The molecule has 0 fully saturated rings. The van der Waals surface area contributed by atoms with Crippen LogP contribution in [0, 0.1) is 0 Å². The minimum Gasteiger partial charge on any atom is -0.382 e. The fourth-order valence-electron chi connectivity index (χ4n) is 1.25. The second kappa shape index (κ2) is 5.06. The van der Waals surface area contributed by atoms with Crippen molar-refractivity contribution in [3.8, 4) is 0 Å². The van der Waals surface area contributed by atoms with Gasteiger partial charge in [0, 0.05) is 13.0 Å². The van der Waals surface area contributed by atoms with E-state index in [4.69, 9.17) is 5.73 Å². The summed E-state index contributed by atoms with van der Waals surface area (Å²) in [6, 6.07) is 0. The molecule has 0 aliphatic heterocycles. The quantitative estimate of drug-likeness (QED) is 0.621. The Morgan fingerprint density at radius 3 is 2.88 bits per heavy atom. The smallest absolute Gasteiger partial charge is 0.144 e. The SMILES string of the molecule is Nc1cnc(NCCCc2ncn[nH]2)cn1. The van der Waals surface area contributed by atoms with E-state index in [-0.39, 0.29) is 0 Å². The van der Waals surface area contributed by atoms with Crippen LogP contribution in [0.2, 0.25) is 0 Å². The summed E-state index contributed by atoms with van der Waals surface area (Å²) in [6.45, 7) is 0.805. The van der Waals surface area contributed by atoms with E-state index in [9.17, 15) is 0 Å². The summed E-state index contributed by atoms with van der Waals surface area (Å²) in [4.78, 5) is 12.0. The van der Waals surface area contributed by atoms with Crippen molar-refractivity contribution in [1.29, 1.82) is 0 Å². The van der Waals surface area contributed by atoms with Gasteiger partial charge in [-0.15, -0.1) is 0 Å². The lowest BCUT2D eigenvalue weighted by Gasteiger charge is -2.03. The van der Waals surface area contributed by atoms with Crippen LogP contribution in [0.5, 0.6) is 0 Å². The highest BCUT2D eigenvalue weighted by Crippen LogP contribution is 2.02. The van der Waals surface area contributed by atoms with Gasteiger partial charge >= 0.3 is 0 Å². The number of hydrogen-bond acceptors (Lipinski definition) is 6. The lowest BCUT2D eigenvalue weighted by Crippen LogP contribution is -2.06. The molecule has 16 heavy (non-hydrogen) atoms. The third kappa shape index (κ3) is 2.91. The number of nitrogen functional groups attached to an aromatic ring is 1. The topological polar surface area (TPSA) is 105 Å². The molecular weight excluding hydrogens is 206 g/mol. The molecule has 0 saturated heterocycles. The number of nitrogens with one attached hydrogen (secondary N) is 2. The molecular formula is C9H13N7. The van der Waals surface area contributed by atoms with Gasteiger partial charge in [0.1, 0.15) is 23.8 Å². The van der Waals surface area contributed by atoms with Crippen molar-refractivity contribution >= 4 is 11.6 Å². The summed E-state index contributed by atoms with van der Waals surface area (Å²) in [6.07, 6.45) is 6.45. The summed E-state index contributed by atoms with van der Waals surface area (Å²) >= 11 is 0. The number of rotatable bonds is 5. The second-order valence-corrected chi connectivity index (χ2v) is 3.29. The second-order valence-electron chi connectivity index (χ2n) is 3.29. The van der Waals surface area contributed by atoms with Crippen molar-refractivity contribution in [3.05, 3.63) is 24.5 Å². The molecule has 2 aromatic rings. The predicted molar refractivity (Wildman–Crippen MR) is 59.6 cm³/mol. The lowest BCUT2D eigenvalue weighted by atomic mass is 10.3. The van der Waals surface area contributed by atoms with Crippen molar-refractivity contribution < 1.29 is 0 Å². The van der Waals surface area contributed by atoms with E-state index in [1.54, 1.807) is 6.20 Å². The zero-order chi connectivity index (χ0) is 11.2. The molecule has 0 unspecified atom stereocenters. The van der Waals surface area contributed by atoms with Gasteiger partial charge in [0.25, 0.3) is 0 Å². The number of nitrogens with two attached hydrogens (primary N) is 1. The monoisotopic (exact) mass is 219 g/mol. The van der Waals surface area contributed by atoms with Crippen molar-refractivity contribution in [2.24, 2.45) is 0 Å². The molecule has 84 valence electrons. The Balaban J connectivity index is 1.70. The number of aromatic amines is 1. The van der Waals surface area contributed by atoms with Gasteiger partial charge in [-0.2, -0.15) is 5.10 Å². The Kier molecular flexibility index (Phi) is 3.27. The zero-order valence-corrected chi connectivity index (χ0v) is 8.72.